The lowest BCUT2D eigenvalue weighted by molar-refractivity contribution is 0.411. The number of benzene rings is 2. The third-order valence-electron chi connectivity index (χ3n) is 3.95. The van der Waals surface area contributed by atoms with Crippen LogP contribution >= 0.6 is 0 Å². The van der Waals surface area contributed by atoms with Gasteiger partial charge in [0.1, 0.15) is 5.75 Å². The van der Waals surface area contributed by atoms with E-state index >= 15 is 0 Å². The van der Waals surface area contributed by atoms with Gasteiger partial charge in [0.15, 0.2) is 0 Å². The predicted molar refractivity (Wildman–Crippen MR) is 88.8 cm³/mol. The molecule has 0 saturated carbocycles. The third kappa shape index (κ3) is 3.85. The van der Waals surface area contributed by atoms with Crippen molar-refractivity contribution in [3.05, 3.63) is 64.7 Å². The second-order valence-electron chi connectivity index (χ2n) is 5.55. The molecule has 0 spiro atoms. The summed E-state index contributed by atoms with van der Waals surface area (Å²) in [6.45, 7) is 4.26. The fourth-order valence-electron chi connectivity index (χ4n) is 2.50. The van der Waals surface area contributed by atoms with Gasteiger partial charge in [0.25, 0.3) is 0 Å². The van der Waals surface area contributed by atoms with Crippen molar-refractivity contribution >= 4 is 0 Å². The zero-order valence-corrected chi connectivity index (χ0v) is 13.2. The van der Waals surface area contributed by atoms with Crippen molar-refractivity contribution in [3.63, 3.8) is 0 Å². The maximum absolute atomic E-state index is 6.38. The van der Waals surface area contributed by atoms with Crippen molar-refractivity contribution in [2.75, 3.05) is 7.11 Å². The summed E-state index contributed by atoms with van der Waals surface area (Å²) >= 11 is 0. The van der Waals surface area contributed by atoms with Crippen LogP contribution in [0.1, 0.15) is 48.1 Å². The third-order valence-corrected chi connectivity index (χ3v) is 3.95. The summed E-state index contributed by atoms with van der Waals surface area (Å²) in [7, 11) is 1.69. The molecule has 0 aliphatic heterocycles. The molecule has 2 rings (SSSR count). The normalized spacial score (nSPS) is 12.2. The molecule has 2 nitrogen and oxygen atoms in total. The van der Waals surface area contributed by atoms with E-state index in [1.165, 1.54) is 18.4 Å². The molecule has 2 aromatic carbocycles. The van der Waals surface area contributed by atoms with Crippen LogP contribution in [0.3, 0.4) is 0 Å². The average molecular weight is 283 g/mol. The van der Waals surface area contributed by atoms with Crippen LogP contribution in [0.15, 0.2) is 42.5 Å². The molecule has 0 aliphatic rings. The standard InChI is InChI=1S/C19H25NO/c1-4-5-6-15-8-11-16(12-9-15)19(20)17-10-7-14(2)18(13-17)21-3/h7-13,19H,4-6,20H2,1-3H3. The lowest BCUT2D eigenvalue weighted by Gasteiger charge is -2.15. The largest absolute Gasteiger partial charge is 0.496 e. The minimum atomic E-state index is -0.111. The van der Waals surface area contributed by atoms with Crippen molar-refractivity contribution in [1.29, 1.82) is 0 Å². The van der Waals surface area contributed by atoms with Crippen LogP contribution in [0.2, 0.25) is 0 Å². The molecule has 1 unspecified atom stereocenters. The van der Waals surface area contributed by atoms with Gasteiger partial charge in [-0.2, -0.15) is 0 Å². The number of methoxy groups -OCH3 is 1. The summed E-state index contributed by atoms with van der Waals surface area (Å²) in [5.74, 6) is 0.891. The molecule has 2 aromatic rings. The molecule has 0 aliphatic carbocycles. The monoisotopic (exact) mass is 283 g/mol. The minimum Gasteiger partial charge on any atom is -0.496 e. The van der Waals surface area contributed by atoms with Crippen molar-refractivity contribution in [3.8, 4) is 5.75 Å². The van der Waals surface area contributed by atoms with Crippen molar-refractivity contribution < 1.29 is 4.74 Å². The van der Waals surface area contributed by atoms with E-state index in [1.54, 1.807) is 7.11 Å². The number of rotatable bonds is 6. The molecule has 112 valence electrons. The first-order chi connectivity index (χ1) is 10.2. The zero-order valence-electron chi connectivity index (χ0n) is 13.2. The smallest absolute Gasteiger partial charge is 0.122 e. The molecule has 0 heterocycles. The summed E-state index contributed by atoms with van der Waals surface area (Å²) in [6.07, 6.45) is 3.61. The summed E-state index contributed by atoms with van der Waals surface area (Å²) in [6, 6.07) is 14.7. The zero-order chi connectivity index (χ0) is 15.2. The molecule has 21 heavy (non-hydrogen) atoms. The van der Waals surface area contributed by atoms with Gasteiger partial charge in [0.2, 0.25) is 0 Å². The molecular formula is C19H25NO. The highest BCUT2D eigenvalue weighted by molar-refractivity contribution is 5.41. The number of hydrogen-bond acceptors (Lipinski definition) is 2. The average Bonchev–Trinajstić information content (AvgIpc) is 2.53. The first-order valence-electron chi connectivity index (χ1n) is 7.64. The van der Waals surface area contributed by atoms with E-state index in [0.29, 0.717) is 0 Å². The van der Waals surface area contributed by atoms with Crippen LogP contribution in [0, 0.1) is 6.92 Å². The Morgan fingerprint density at radius 1 is 1.05 bits per heavy atom. The Kier molecular flexibility index (Phi) is 5.40. The number of nitrogens with two attached hydrogens (primary N) is 1. The maximum atomic E-state index is 6.38. The van der Waals surface area contributed by atoms with Gasteiger partial charge in [-0.15, -0.1) is 0 Å². The van der Waals surface area contributed by atoms with E-state index in [1.807, 2.05) is 13.0 Å². The van der Waals surface area contributed by atoms with Gasteiger partial charge < -0.3 is 10.5 Å². The van der Waals surface area contributed by atoms with E-state index in [0.717, 1.165) is 28.9 Å². The van der Waals surface area contributed by atoms with Crippen LogP contribution in [0.5, 0.6) is 5.75 Å². The second kappa shape index (κ2) is 7.28. The van der Waals surface area contributed by atoms with Gasteiger partial charge in [-0.1, -0.05) is 49.7 Å². The minimum absolute atomic E-state index is 0.111. The van der Waals surface area contributed by atoms with E-state index in [2.05, 4.69) is 43.3 Å². The lowest BCUT2D eigenvalue weighted by Crippen LogP contribution is -2.12. The molecule has 0 bridgehead atoms. The van der Waals surface area contributed by atoms with Crippen LogP contribution in [0.4, 0.5) is 0 Å². The van der Waals surface area contributed by atoms with E-state index in [-0.39, 0.29) is 6.04 Å². The van der Waals surface area contributed by atoms with Crippen LogP contribution in [-0.2, 0) is 6.42 Å². The van der Waals surface area contributed by atoms with Gasteiger partial charge >= 0.3 is 0 Å². The number of unbranched alkanes of at least 4 members (excludes halogenated alkanes) is 1. The Hall–Kier alpha value is -1.80. The fraction of sp³-hybridized carbons (Fsp3) is 0.368. The van der Waals surface area contributed by atoms with E-state index in [9.17, 15) is 0 Å². The van der Waals surface area contributed by atoms with Gasteiger partial charge in [0, 0.05) is 0 Å². The van der Waals surface area contributed by atoms with Gasteiger partial charge in [-0.25, -0.2) is 0 Å². The number of hydrogen-bond donors (Lipinski definition) is 1. The fourth-order valence-corrected chi connectivity index (χ4v) is 2.50. The predicted octanol–water partition coefficient (Wildman–Crippen LogP) is 4.39. The highest BCUT2D eigenvalue weighted by Crippen LogP contribution is 2.26. The van der Waals surface area contributed by atoms with Gasteiger partial charge in [0.05, 0.1) is 13.2 Å². The highest BCUT2D eigenvalue weighted by atomic mass is 16.5. The highest BCUT2D eigenvalue weighted by Gasteiger charge is 2.11. The van der Waals surface area contributed by atoms with Gasteiger partial charge in [-0.3, -0.25) is 0 Å². The van der Waals surface area contributed by atoms with Crippen LogP contribution < -0.4 is 10.5 Å². The lowest BCUT2D eigenvalue weighted by atomic mass is 9.96. The Morgan fingerprint density at radius 2 is 1.71 bits per heavy atom. The molecular weight excluding hydrogens is 258 g/mol. The Bertz CT molecular complexity index is 575. The van der Waals surface area contributed by atoms with Gasteiger partial charge in [-0.05, 0) is 48.1 Å². The summed E-state index contributed by atoms with van der Waals surface area (Å²) < 4.78 is 5.38. The number of aryl methyl sites for hydroxylation is 2. The van der Waals surface area contributed by atoms with E-state index in [4.69, 9.17) is 10.5 Å². The Morgan fingerprint density at radius 3 is 2.33 bits per heavy atom. The quantitative estimate of drug-likeness (QED) is 0.853. The second-order valence-corrected chi connectivity index (χ2v) is 5.55. The molecule has 0 aromatic heterocycles. The molecule has 2 N–H and O–H groups in total. The molecule has 0 amide bonds. The number of ether oxygens (including phenoxy) is 1. The first kappa shape index (κ1) is 15.6. The van der Waals surface area contributed by atoms with E-state index < -0.39 is 0 Å². The SMILES string of the molecule is CCCCc1ccc(C(N)c2ccc(C)c(OC)c2)cc1. The van der Waals surface area contributed by atoms with Crippen molar-refractivity contribution in [1.82, 2.24) is 0 Å². The maximum Gasteiger partial charge on any atom is 0.122 e. The summed E-state index contributed by atoms with van der Waals surface area (Å²) in [5, 5.41) is 0. The van der Waals surface area contributed by atoms with Crippen LogP contribution in [-0.4, -0.2) is 7.11 Å². The molecule has 1 atom stereocenters. The Balaban J connectivity index is 2.17. The molecule has 2 heteroatoms. The Labute approximate surface area is 127 Å². The summed E-state index contributed by atoms with van der Waals surface area (Å²) in [5.41, 5.74) is 11.1. The van der Waals surface area contributed by atoms with Crippen LogP contribution in [0.25, 0.3) is 0 Å². The topological polar surface area (TPSA) is 35.2 Å². The van der Waals surface area contributed by atoms with Crippen molar-refractivity contribution in [2.45, 2.75) is 39.2 Å². The van der Waals surface area contributed by atoms with Crippen molar-refractivity contribution in [2.24, 2.45) is 5.73 Å². The first-order valence-corrected chi connectivity index (χ1v) is 7.64. The summed E-state index contributed by atoms with van der Waals surface area (Å²) in [4.78, 5) is 0. The molecule has 0 fully saturated rings. The molecule has 0 radical (unpaired) electrons. The molecule has 0 saturated heterocycles.